The van der Waals surface area contributed by atoms with Crippen molar-refractivity contribution < 1.29 is 21.5 Å². The normalized spacial score (nSPS) is 49.5. The summed E-state index contributed by atoms with van der Waals surface area (Å²) in [5, 5.41) is 11.1. The van der Waals surface area contributed by atoms with Crippen molar-refractivity contribution in [3.05, 3.63) is 24.5 Å². The van der Waals surface area contributed by atoms with Crippen LogP contribution in [0.3, 0.4) is 0 Å². The molecule has 1 N–H and O–H groups in total. The summed E-state index contributed by atoms with van der Waals surface area (Å²) in [6, 6.07) is 0.900. The Labute approximate surface area is 194 Å². The van der Waals surface area contributed by atoms with Crippen LogP contribution in [0.4, 0.5) is 0 Å². The van der Waals surface area contributed by atoms with Crippen LogP contribution in [-0.4, -0.2) is 34.8 Å². The molecular weight excluding hydrogens is 386 g/mol. The predicted molar refractivity (Wildman–Crippen MR) is 121 cm³/mol. The van der Waals surface area contributed by atoms with E-state index in [4.69, 9.17) is 11.6 Å². The first-order chi connectivity index (χ1) is 16.8. The van der Waals surface area contributed by atoms with E-state index in [-0.39, 0.29) is 23.0 Å². The molecule has 4 fully saturated rings. The molecule has 172 valence electrons. The Kier molecular flexibility index (Phi) is 4.11. The molecule has 31 heavy (non-hydrogen) atoms. The van der Waals surface area contributed by atoms with Gasteiger partial charge in [0, 0.05) is 25.4 Å². The zero-order valence-electron chi connectivity index (χ0n) is 24.2. The summed E-state index contributed by atoms with van der Waals surface area (Å²) in [7, 11) is 1.66. The van der Waals surface area contributed by atoms with E-state index in [2.05, 4.69) is 13.8 Å². The smallest absolute Gasteiger partial charge is 0.156 e. The highest BCUT2D eigenvalue weighted by molar-refractivity contribution is 5.82. The molecule has 1 aromatic rings. The molecule has 4 nitrogen and oxygen atoms in total. The molecule has 4 heteroatoms. The Morgan fingerprint density at radius 1 is 1.13 bits per heavy atom. The third kappa shape index (κ3) is 3.44. The number of nitrogens with zero attached hydrogens (tertiary/aromatic N) is 1. The molecule has 5 rings (SSSR count). The first-order valence-corrected chi connectivity index (χ1v) is 12.2. The molecule has 0 unspecified atom stereocenters. The number of Topliss-reactive ketones (excluding diaryl/α,β-unsaturated/α-hetero) is 1. The number of carbonyl (C=O) groups excluding carboxylic acids is 1. The van der Waals surface area contributed by atoms with E-state index in [1.54, 1.807) is 7.11 Å². The number of fused-ring (bicyclic) bond motifs is 5. The van der Waals surface area contributed by atoms with Crippen LogP contribution in [0, 0.1) is 40.4 Å². The van der Waals surface area contributed by atoms with Crippen molar-refractivity contribution in [3.8, 4) is 0 Å². The highest BCUT2D eigenvalue weighted by Gasteiger charge is 2.62. The number of hydrogen-bond acceptors (Lipinski definition) is 3. The van der Waals surface area contributed by atoms with Gasteiger partial charge < -0.3 is 14.4 Å². The number of carbonyl (C=O) groups is 1. The average molecular weight is 433 g/mol. The van der Waals surface area contributed by atoms with Gasteiger partial charge in [0.1, 0.15) is 0 Å². The molecule has 4 saturated carbocycles. The fraction of sp³-hybridized carbons (Fsp3) is 0.815. The topological polar surface area (TPSA) is 51.5 Å². The maximum atomic E-state index is 13.8. The number of aromatic nitrogens is 1. The maximum absolute atomic E-state index is 13.8. The quantitative estimate of drug-likeness (QED) is 0.705. The van der Waals surface area contributed by atoms with Crippen molar-refractivity contribution in [2.24, 2.45) is 40.4 Å². The van der Waals surface area contributed by atoms with Gasteiger partial charge in [-0.25, -0.2) is 0 Å². The summed E-state index contributed by atoms with van der Waals surface area (Å²) in [5.41, 5.74) is -0.839. The largest absolute Gasteiger partial charge is 0.387 e. The Bertz CT molecular complexity index is 1040. The summed E-state index contributed by atoms with van der Waals surface area (Å²) in [6.07, 6.45) is 7.47. The maximum Gasteiger partial charge on any atom is 0.156 e. The molecule has 1 aromatic heterocycles. The molecule has 0 aliphatic heterocycles. The van der Waals surface area contributed by atoms with E-state index >= 15 is 0 Å². The zero-order valence-corrected chi connectivity index (χ0v) is 19.2. The Balaban J connectivity index is 1.38. The SMILES string of the molecule is [2H]c1cc([2H])n(C([2H])([2H])C(=O)[C@H]2CC[C@H]3[C@@H]4CC[C@H]5C[C@@](O)(COC)CC[C@]5(C)[C@H]4CC[C@]23C)c1[2H]. The summed E-state index contributed by atoms with van der Waals surface area (Å²) in [6.45, 7) is 2.49. The first-order valence-electron chi connectivity index (χ1n) is 14.7. The Morgan fingerprint density at radius 2 is 1.94 bits per heavy atom. The standard InChI is InChI=1S/C27H41NO3/c1-25-12-13-27(30,18-31-3)16-19(25)6-7-20-21-8-9-23(26(21,2)11-10-22(20)25)24(29)17-28-14-4-5-15-28/h4-5,14-15,19-23,30H,6-13,16-18H2,1-3H3/t19-,20-,21-,22-,23+,25-,26-,27+/m0/s1/i4D,14D,15D,17D2. The summed E-state index contributed by atoms with van der Waals surface area (Å²) in [4.78, 5) is 13.8. The molecule has 0 amide bonds. The fourth-order valence-electron chi connectivity index (χ4n) is 8.63. The third-order valence-electron chi connectivity index (χ3n) is 10.2. The van der Waals surface area contributed by atoms with Crippen molar-refractivity contribution in [2.45, 2.75) is 83.7 Å². The van der Waals surface area contributed by atoms with E-state index in [1.165, 1.54) is 0 Å². The highest BCUT2D eigenvalue weighted by Crippen LogP contribution is 2.68. The minimum Gasteiger partial charge on any atom is -0.387 e. The molecule has 0 radical (unpaired) electrons. The van der Waals surface area contributed by atoms with E-state index < -0.39 is 30.0 Å². The number of ketones is 1. The highest BCUT2D eigenvalue weighted by atomic mass is 16.5. The van der Waals surface area contributed by atoms with Crippen LogP contribution in [0.15, 0.2) is 24.5 Å². The second-order valence-electron chi connectivity index (χ2n) is 11.5. The lowest BCUT2D eigenvalue weighted by Gasteiger charge is -2.62. The van der Waals surface area contributed by atoms with Crippen LogP contribution in [0.1, 0.15) is 78.5 Å². The fourth-order valence-corrected chi connectivity index (χ4v) is 8.63. The van der Waals surface area contributed by atoms with Crippen LogP contribution >= 0.6 is 0 Å². The van der Waals surface area contributed by atoms with Crippen LogP contribution < -0.4 is 0 Å². The minimum absolute atomic E-state index is 0.177. The average Bonchev–Trinajstić information content (AvgIpc) is 3.28. The van der Waals surface area contributed by atoms with Crippen molar-refractivity contribution in [2.75, 3.05) is 13.7 Å². The van der Waals surface area contributed by atoms with Gasteiger partial charge >= 0.3 is 0 Å². The molecule has 0 aromatic carbocycles. The van der Waals surface area contributed by atoms with Crippen molar-refractivity contribution >= 4 is 5.78 Å². The lowest BCUT2D eigenvalue weighted by Crippen LogP contribution is -2.56. The predicted octanol–water partition coefficient (Wildman–Crippen LogP) is 5.09. The molecule has 4 aliphatic rings. The molecule has 8 atom stereocenters. The number of methoxy groups -OCH3 is 1. The molecule has 0 bridgehead atoms. The molecule has 4 aliphatic carbocycles. The van der Waals surface area contributed by atoms with Crippen LogP contribution in [0.25, 0.3) is 0 Å². The summed E-state index contributed by atoms with van der Waals surface area (Å²) < 4.78 is 47.4. The van der Waals surface area contributed by atoms with Gasteiger partial charge in [-0.3, -0.25) is 4.79 Å². The van der Waals surface area contributed by atoms with E-state index in [0.717, 1.165) is 62.0 Å². The minimum atomic E-state index is -2.51. The Morgan fingerprint density at radius 3 is 2.68 bits per heavy atom. The molecular formula is C27H41NO3. The van der Waals surface area contributed by atoms with Crippen molar-refractivity contribution in [1.29, 1.82) is 0 Å². The van der Waals surface area contributed by atoms with E-state index in [0.29, 0.717) is 36.7 Å². The second-order valence-corrected chi connectivity index (χ2v) is 11.5. The van der Waals surface area contributed by atoms with Crippen molar-refractivity contribution in [1.82, 2.24) is 4.57 Å². The van der Waals surface area contributed by atoms with Gasteiger partial charge in [-0.05, 0) is 104 Å². The van der Waals surface area contributed by atoms with Gasteiger partial charge in [-0.1, -0.05) is 13.8 Å². The number of ether oxygens (including phenoxy) is 1. The van der Waals surface area contributed by atoms with Crippen molar-refractivity contribution in [3.63, 3.8) is 0 Å². The summed E-state index contributed by atoms with van der Waals surface area (Å²) in [5.74, 6) is 0.919. The van der Waals surface area contributed by atoms with E-state index in [1.807, 2.05) is 0 Å². The molecule has 1 heterocycles. The molecule has 0 spiro atoms. The van der Waals surface area contributed by atoms with Gasteiger partial charge in [-0.15, -0.1) is 0 Å². The van der Waals surface area contributed by atoms with Gasteiger partial charge in [0.2, 0.25) is 0 Å². The first kappa shape index (κ1) is 16.5. The second kappa shape index (κ2) is 7.73. The van der Waals surface area contributed by atoms with Gasteiger partial charge in [-0.2, -0.15) is 0 Å². The lowest BCUT2D eigenvalue weighted by molar-refractivity contribution is -0.164. The summed E-state index contributed by atoms with van der Waals surface area (Å²) >= 11 is 0. The van der Waals surface area contributed by atoms with Gasteiger partial charge in [0.25, 0.3) is 0 Å². The zero-order chi connectivity index (χ0) is 26.3. The van der Waals surface area contributed by atoms with Gasteiger partial charge in [0.05, 0.1) is 25.6 Å². The number of aliphatic hydroxyl groups is 1. The van der Waals surface area contributed by atoms with E-state index in [9.17, 15) is 9.90 Å². The number of hydrogen-bond donors (Lipinski definition) is 1. The number of rotatable bonds is 5. The Hall–Kier alpha value is -1.13. The van der Waals surface area contributed by atoms with Crippen LogP contribution in [-0.2, 0) is 16.0 Å². The molecule has 0 saturated heterocycles. The lowest BCUT2D eigenvalue weighted by atomic mass is 9.44. The monoisotopic (exact) mass is 432 g/mol. The third-order valence-corrected chi connectivity index (χ3v) is 10.2. The van der Waals surface area contributed by atoms with Crippen LogP contribution in [0.2, 0.25) is 0 Å². The van der Waals surface area contributed by atoms with Gasteiger partial charge in [0.15, 0.2) is 5.78 Å². The van der Waals surface area contributed by atoms with Crippen LogP contribution in [0.5, 0.6) is 0 Å².